The molecule has 1 fully saturated rings. The second-order valence-electron chi connectivity index (χ2n) is 6.07. The Morgan fingerprint density at radius 1 is 1.35 bits per heavy atom. The van der Waals surface area contributed by atoms with Crippen LogP contribution in [0.25, 0.3) is 0 Å². The minimum atomic E-state index is 0.308. The topological polar surface area (TPSA) is 15.3 Å². The molecule has 1 aliphatic carbocycles. The summed E-state index contributed by atoms with van der Waals surface area (Å²) >= 11 is 6.48. The SMILES string of the molecule is CCCNC(C)c1ccc(N(C)C(C)C2CC2)cc1Cl. The summed E-state index contributed by atoms with van der Waals surface area (Å²) < 4.78 is 0. The maximum Gasteiger partial charge on any atom is 0.0474 e. The summed E-state index contributed by atoms with van der Waals surface area (Å²) in [5, 5.41) is 4.36. The summed E-state index contributed by atoms with van der Waals surface area (Å²) in [6.07, 6.45) is 3.88. The summed E-state index contributed by atoms with van der Waals surface area (Å²) in [5.41, 5.74) is 2.41. The summed E-state index contributed by atoms with van der Waals surface area (Å²) in [6.45, 7) is 7.69. The number of nitrogens with one attached hydrogen (secondary N) is 1. The van der Waals surface area contributed by atoms with Gasteiger partial charge in [0.2, 0.25) is 0 Å². The third-order valence-corrected chi connectivity index (χ3v) is 4.80. The van der Waals surface area contributed by atoms with Crippen molar-refractivity contribution >= 4 is 17.3 Å². The predicted octanol–water partition coefficient (Wildman–Crippen LogP) is 4.64. The van der Waals surface area contributed by atoms with E-state index in [2.05, 4.69) is 56.2 Å². The van der Waals surface area contributed by atoms with Crippen molar-refractivity contribution in [1.82, 2.24) is 5.32 Å². The number of halogens is 1. The van der Waals surface area contributed by atoms with E-state index in [1.807, 2.05) is 0 Å². The number of anilines is 1. The second-order valence-corrected chi connectivity index (χ2v) is 6.48. The maximum absolute atomic E-state index is 6.48. The standard InChI is InChI=1S/C17H27ClN2/c1-5-10-19-12(2)16-9-8-15(11-17(16)18)20(4)13(3)14-6-7-14/h8-9,11-14,19H,5-7,10H2,1-4H3. The fourth-order valence-electron chi connectivity index (χ4n) is 2.69. The fraction of sp³-hybridized carbons (Fsp3) is 0.647. The maximum atomic E-state index is 6.48. The van der Waals surface area contributed by atoms with Gasteiger partial charge < -0.3 is 10.2 Å². The van der Waals surface area contributed by atoms with Crippen molar-refractivity contribution in [2.24, 2.45) is 5.92 Å². The van der Waals surface area contributed by atoms with E-state index in [-0.39, 0.29) is 0 Å². The molecule has 1 aliphatic rings. The first kappa shape index (κ1) is 15.7. The quantitative estimate of drug-likeness (QED) is 0.788. The van der Waals surface area contributed by atoms with E-state index in [9.17, 15) is 0 Å². The fourth-order valence-corrected chi connectivity index (χ4v) is 3.03. The van der Waals surface area contributed by atoms with Crippen LogP contribution in [0.4, 0.5) is 5.69 Å². The molecule has 3 heteroatoms. The highest BCUT2D eigenvalue weighted by atomic mass is 35.5. The van der Waals surface area contributed by atoms with Gasteiger partial charge in [0.1, 0.15) is 0 Å². The first-order chi connectivity index (χ1) is 9.54. The van der Waals surface area contributed by atoms with Gasteiger partial charge >= 0.3 is 0 Å². The van der Waals surface area contributed by atoms with Gasteiger partial charge in [-0.3, -0.25) is 0 Å². The van der Waals surface area contributed by atoms with Crippen LogP contribution in [0, 0.1) is 5.92 Å². The normalized spacial score (nSPS) is 17.9. The average molecular weight is 295 g/mol. The van der Waals surface area contributed by atoms with Crippen LogP contribution in [-0.4, -0.2) is 19.6 Å². The van der Waals surface area contributed by atoms with Crippen molar-refractivity contribution in [2.45, 2.75) is 52.1 Å². The summed E-state index contributed by atoms with van der Waals surface area (Å²) in [7, 11) is 2.17. The lowest BCUT2D eigenvalue weighted by Crippen LogP contribution is -2.30. The van der Waals surface area contributed by atoms with Gasteiger partial charge in [-0.05, 0) is 63.3 Å². The van der Waals surface area contributed by atoms with Gasteiger partial charge in [0.05, 0.1) is 0 Å². The van der Waals surface area contributed by atoms with E-state index < -0.39 is 0 Å². The molecule has 0 saturated heterocycles. The van der Waals surface area contributed by atoms with Gasteiger partial charge in [0.15, 0.2) is 0 Å². The Balaban J connectivity index is 2.08. The Hall–Kier alpha value is -0.730. The van der Waals surface area contributed by atoms with Gasteiger partial charge in [-0.1, -0.05) is 24.6 Å². The minimum absolute atomic E-state index is 0.308. The average Bonchev–Trinajstić information content (AvgIpc) is 3.27. The molecule has 0 bridgehead atoms. The van der Waals surface area contributed by atoms with E-state index in [4.69, 9.17) is 11.6 Å². The molecule has 20 heavy (non-hydrogen) atoms. The van der Waals surface area contributed by atoms with Crippen LogP contribution in [-0.2, 0) is 0 Å². The molecule has 1 N–H and O–H groups in total. The van der Waals surface area contributed by atoms with Gasteiger partial charge in [-0.15, -0.1) is 0 Å². The molecule has 0 heterocycles. The van der Waals surface area contributed by atoms with Crippen molar-refractivity contribution < 1.29 is 0 Å². The van der Waals surface area contributed by atoms with Crippen molar-refractivity contribution in [3.05, 3.63) is 28.8 Å². The lowest BCUT2D eigenvalue weighted by Gasteiger charge is -2.28. The number of benzene rings is 1. The Morgan fingerprint density at radius 2 is 2.05 bits per heavy atom. The van der Waals surface area contributed by atoms with Gasteiger partial charge in [-0.25, -0.2) is 0 Å². The van der Waals surface area contributed by atoms with E-state index >= 15 is 0 Å². The van der Waals surface area contributed by atoms with E-state index in [1.165, 1.54) is 24.1 Å². The third-order valence-electron chi connectivity index (χ3n) is 4.47. The third kappa shape index (κ3) is 3.67. The van der Waals surface area contributed by atoms with Crippen LogP contribution in [0.1, 0.15) is 51.6 Å². The molecule has 2 unspecified atom stereocenters. The molecule has 112 valence electrons. The first-order valence-corrected chi connectivity index (χ1v) is 8.18. The molecule has 0 spiro atoms. The summed E-state index contributed by atoms with van der Waals surface area (Å²) in [4.78, 5) is 2.36. The Kier molecular flexibility index (Phi) is 5.34. The highest BCUT2D eigenvalue weighted by Gasteiger charge is 2.30. The summed E-state index contributed by atoms with van der Waals surface area (Å²) in [6, 6.07) is 7.39. The van der Waals surface area contributed by atoms with E-state index in [0.717, 1.165) is 23.9 Å². The Bertz CT molecular complexity index is 443. The lowest BCUT2D eigenvalue weighted by molar-refractivity contribution is 0.570. The molecule has 1 aromatic rings. The molecule has 2 nitrogen and oxygen atoms in total. The van der Waals surface area contributed by atoms with E-state index in [1.54, 1.807) is 0 Å². The molecule has 1 saturated carbocycles. The summed E-state index contributed by atoms with van der Waals surface area (Å²) in [5.74, 6) is 0.864. The highest BCUT2D eigenvalue weighted by Crippen LogP contribution is 2.37. The molecule has 0 aliphatic heterocycles. The first-order valence-electron chi connectivity index (χ1n) is 7.80. The smallest absolute Gasteiger partial charge is 0.0474 e. The van der Waals surface area contributed by atoms with Gasteiger partial charge in [0.25, 0.3) is 0 Å². The Morgan fingerprint density at radius 3 is 2.60 bits per heavy atom. The van der Waals surface area contributed by atoms with Crippen LogP contribution in [0.5, 0.6) is 0 Å². The molecular weight excluding hydrogens is 268 g/mol. The molecule has 0 radical (unpaired) electrons. The van der Waals surface area contributed by atoms with Crippen LogP contribution >= 0.6 is 11.6 Å². The van der Waals surface area contributed by atoms with Gasteiger partial charge in [-0.2, -0.15) is 0 Å². The number of nitrogens with zero attached hydrogens (tertiary/aromatic N) is 1. The lowest BCUT2D eigenvalue weighted by atomic mass is 10.1. The number of hydrogen-bond acceptors (Lipinski definition) is 2. The van der Waals surface area contributed by atoms with Crippen LogP contribution in [0.3, 0.4) is 0 Å². The zero-order chi connectivity index (χ0) is 14.7. The molecule has 0 amide bonds. The molecule has 2 atom stereocenters. The molecule has 2 rings (SSSR count). The highest BCUT2D eigenvalue weighted by molar-refractivity contribution is 6.31. The van der Waals surface area contributed by atoms with Crippen molar-refractivity contribution in [3.63, 3.8) is 0 Å². The number of rotatable bonds is 7. The molecule has 0 aromatic heterocycles. The monoisotopic (exact) mass is 294 g/mol. The van der Waals surface area contributed by atoms with Crippen molar-refractivity contribution in [2.75, 3.05) is 18.5 Å². The zero-order valence-corrected chi connectivity index (χ0v) is 13.9. The van der Waals surface area contributed by atoms with Gasteiger partial charge in [0, 0.05) is 29.8 Å². The Labute approximate surface area is 128 Å². The molecular formula is C17H27ClN2. The van der Waals surface area contributed by atoms with E-state index in [0.29, 0.717) is 12.1 Å². The predicted molar refractivity (Wildman–Crippen MR) is 88.7 cm³/mol. The number of hydrogen-bond donors (Lipinski definition) is 1. The zero-order valence-electron chi connectivity index (χ0n) is 13.1. The van der Waals surface area contributed by atoms with Crippen molar-refractivity contribution in [1.29, 1.82) is 0 Å². The van der Waals surface area contributed by atoms with Crippen LogP contribution in [0.2, 0.25) is 5.02 Å². The largest absolute Gasteiger partial charge is 0.372 e. The molecule has 1 aromatic carbocycles. The minimum Gasteiger partial charge on any atom is -0.372 e. The van der Waals surface area contributed by atoms with Crippen LogP contribution < -0.4 is 10.2 Å². The second kappa shape index (κ2) is 6.82. The van der Waals surface area contributed by atoms with Crippen molar-refractivity contribution in [3.8, 4) is 0 Å². The van der Waals surface area contributed by atoms with Crippen LogP contribution in [0.15, 0.2) is 18.2 Å².